The molecule has 1 aromatic carbocycles. The number of alkyl halides is 1. The SMILES string of the molecule is COC1CC(n2c(CCCl)nc3cc(Cl)ccc32)C1(C)C. The maximum Gasteiger partial charge on any atom is 0.111 e. The van der Waals surface area contributed by atoms with Gasteiger partial charge in [-0.3, -0.25) is 0 Å². The second-order valence-corrected chi connectivity index (χ2v) is 7.08. The van der Waals surface area contributed by atoms with Crippen molar-refractivity contribution in [3.05, 3.63) is 29.0 Å². The minimum Gasteiger partial charge on any atom is -0.381 e. The van der Waals surface area contributed by atoms with Gasteiger partial charge in [-0.1, -0.05) is 25.4 Å². The minimum atomic E-state index is 0.0864. The van der Waals surface area contributed by atoms with E-state index < -0.39 is 0 Å². The van der Waals surface area contributed by atoms with E-state index in [2.05, 4.69) is 24.5 Å². The van der Waals surface area contributed by atoms with Crippen LogP contribution in [0.3, 0.4) is 0 Å². The van der Waals surface area contributed by atoms with E-state index in [9.17, 15) is 0 Å². The van der Waals surface area contributed by atoms with Crippen molar-refractivity contribution in [2.45, 2.75) is 38.8 Å². The molecule has 0 amide bonds. The lowest BCUT2D eigenvalue weighted by atomic mass is 9.64. The molecule has 1 aliphatic rings. The number of benzene rings is 1. The fourth-order valence-electron chi connectivity index (χ4n) is 3.43. The van der Waals surface area contributed by atoms with E-state index in [1.807, 2.05) is 12.1 Å². The lowest BCUT2D eigenvalue weighted by molar-refractivity contribution is -0.112. The standard InChI is InChI=1S/C16H20Cl2N2O/c1-16(2)13(9-14(16)21-3)20-12-5-4-10(18)8-11(12)19-15(20)6-7-17/h4-5,8,13-14H,6-7,9H2,1-3H3. The number of hydrogen-bond donors (Lipinski definition) is 0. The number of ether oxygens (including phenoxy) is 1. The lowest BCUT2D eigenvalue weighted by Gasteiger charge is -2.52. The molecule has 2 atom stereocenters. The molecule has 5 heteroatoms. The Morgan fingerprint density at radius 2 is 2.19 bits per heavy atom. The fourth-order valence-corrected chi connectivity index (χ4v) is 3.77. The Kier molecular flexibility index (Phi) is 3.93. The summed E-state index contributed by atoms with van der Waals surface area (Å²) < 4.78 is 7.92. The van der Waals surface area contributed by atoms with Crippen LogP contribution in [0.15, 0.2) is 18.2 Å². The number of fused-ring (bicyclic) bond motifs is 1. The van der Waals surface area contributed by atoms with Crippen LogP contribution in [0.1, 0.15) is 32.1 Å². The number of hydrogen-bond acceptors (Lipinski definition) is 2. The quantitative estimate of drug-likeness (QED) is 0.776. The van der Waals surface area contributed by atoms with Crippen molar-refractivity contribution < 1.29 is 4.74 Å². The molecule has 1 aromatic heterocycles. The molecule has 0 spiro atoms. The van der Waals surface area contributed by atoms with Crippen LogP contribution >= 0.6 is 23.2 Å². The Bertz CT molecular complexity index is 666. The summed E-state index contributed by atoms with van der Waals surface area (Å²) in [4.78, 5) is 4.74. The molecule has 2 unspecified atom stereocenters. The van der Waals surface area contributed by atoms with Gasteiger partial charge in [-0.05, 0) is 24.6 Å². The summed E-state index contributed by atoms with van der Waals surface area (Å²) in [5.74, 6) is 1.60. The van der Waals surface area contributed by atoms with E-state index in [1.165, 1.54) is 0 Å². The summed E-state index contributed by atoms with van der Waals surface area (Å²) in [6.07, 6.45) is 2.06. The molecule has 21 heavy (non-hydrogen) atoms. The Morgan fingerprint density at radius 3 is 2.81 bits per heavy atom. The number of methoxy groups -OCH3 is 1. The lowest BCUT2D eigenvalue weighted by Crippen LogP contribution is -2.51. The van der Waals surface area contributed by atoms with Gasteiger partial charge in [0.05, 0.1) is 17.1 Å². The Balaban J connectivity index is 2.10. The van der Waals surface area contributed by atoms with E-state index in [0.717, 1.165) is 29.7 Å². The van der Waals surface area contributed by atoms with Crippen LogP contribution in [0.4, 0.5) is 0 Å². The largest absolute Gasteiger partial charge is 0.381 e. The Hall–Kier alpha value is -0.770. The molecule has 0 bridgehead atoms. The first-order chi connectivity index (χ1) is 9.98. The maximum atomic E-state index is 6.09. The molecule has 3 nitrogen and oxygen atoms in total. The van der Waals surface area contributed by atoms with Gasteiger partial charge in [0, 0.05) is 35.9 Å². The zero-order valence-corrected chi connectivity index (χ0v) is 14.1. The summed E-state index contributed by atoms with van der Waals surface area (Å²) in [6, 6.07) is 6.28. The van der Waals surface area contributed by atoms with Crippen LogP contribution in [0.25, 0.3) is 11.0 Å². The van der Waals surface area contributed by atoms with Gasteiger partial charge in [-0.15, -0.1) is 11.6 Å². The molecule has 1 aliphatic carbocycles. The molecular formula is C16H20Cl2N2O. The van der Waals surface area contributed by atoms with Gasteiger partial charge in [-0.2, -0.15) is 0 Å². The van der Waals surface area contributed by atoms with Crippen LogP contribution in [0.5, 0.6) is 0 Å². The zero-order chi connectivity index (χ0) is 15.2. The fraction of sp³-hybridized carbons (Fsp3) is 0.562. The third-order valence-electron chi connectivity index (χ3n) is 4.76. The van der Waals surface area contributed by atoms with E-state index in [-0.39, 0.29) is 11.5 Å². The van der Waals surface area contributed by atoms with Gasteiger partial charge in [0.25, 0.3) is 0 Å². The number of aromatic nitrogens is 2. The van der Waals surface area contributed by atoms with Crippen molar-refractivity contribution in [3.8, 4) is 0 Å². The first-order valence-corrected chi connectivity index (χ1v) is 8.15. The zero-order valence-electron chi connectivity index (χ0n) is 12.6. The molecule has 0 N–H and O–H groups in total. The number of halogens is 2. The predicted molar refractivity (Wildman–Crippen MR) is 87.4 cm³/mol. The molecule has 1 fully saturated rings. The molecule has 3 rings (SSSR count). The van der Waals surface area contributed by atoms with E-state index in [4.69, 9.17) is 32.9 Å². The topological polar surface area (TPSA) is 27.1 Å². The molecule has 2 aromatic rings. The average Bonchev–Trinajstić information content (AvgIpc) is 2.76. The van der Waals surface area contributed by atoms with Crippen molar-refractivity contribution in [3.63, 3.8) is 0 Å². The molecule has 114 valence electrons. The monoisotopic (exact) mass is 326 g/mol. The molecular weight excluding hydrogens is 307 g/mol. The summed E-state index contributed by atoms with van der Waals surface area (Å²) >= 11 is 12.0. The molecule has 1 saturated carbocycles. The van der Waals surface area contributed by atoms with Gasteiger partial charge in [0.1, 0.15) is 5.82 Å². The van der Waals surface area contributed by atoms with Crippen molar-refractivity contribution in [2.75, 3.05) is 13.0 Å². The predicted octanol–water partition coefficient (Wildman–Crippen LogP) is 4.46. The van der Waals surface area contributed by atoms with Crippen LogP contribution in [0.2, 0.25) is 5.02 Å². The Labute approximate surface area is 135 Å². The third kappa shape index (κ3) is 2.36. The third-order valence-corrected chi connectivity index (χ3v) is 5.19. The van der Waals surface area contributed by atoms with Crippen LogP contribution in [0, 0.1) is 5.41 Å². The first kappa shape index (κ1) is 15.1. The van der Waals surface area contributed by atoms with Gasteiger partial charge in [0.2, 0.25) is 0 Å². The minimum absolute atomic E-state index is 0.0864. The summed E-state index contributed by atoms with van der Waals surface area (Å²) in [6.45, 7) is 4.50. The second kappa shape index (κ2) is 5.45. The van der Waals surface area contributed by atoms with Gasteiger partial charge in [-0.25, -0.2) is 4.98 Å². The highest BCUT2D eigenvalue weighted by Gasteiger charge is 2.50. The second-order valence-electron chi connectivity index (χ2n) is 6.27. The van der Waals surface area contributed by atoms with Crippen LogP contribution in [-0.4, -0.2) is 28.6 Å². The summed E-state index contributed by atoms with van der Waals surface area (Å²) in [5, 5.41) is 0.715. The number of imidazole rings is 1. The maximum absolute atomic E-state index is 6.09. The number of rotatable bonds is 4. The highest BCUT2D eigenvalue weighted by atomic mass is 35.5. The van der Waals surface area contributed by atoms with Crippen molar-refractivity contribution in [1.82, 2.24) is 9.55 Å². The average molecular weight is 327 g/mol. The van der Waals surface area contributed by atoms with Gasteiger partial charge in [0.15, 0.2) is 0 Å². The van der Waals surface area contributed by atoms with E-state index >= 15 is 0 Å². The van der Waals surface area contributed by atoms with Gasteiger partial charge < -0.3 is 9.30 Å². The molecule has 0 saturated heterocycles. The normalized spacial score (nSPS) is 24.2. The van der Waals surface area contributed by atoms with Gasteiger partial charge >= 0.3 is 0 Å². The van der Waals surface area contributed by atoms with Crippen LogP contribution < -0.4 is 0 Å². The highest BCUT2D eigenvalue weighted by Crippen LogP contribution is 2.52. The summed E-state index contributed by atoms with van der Waals surface area (Å²) in [7, 11) is 1.79. The first-order valence-electron chi connectivity index (χ1n) is 7.24. The summed E-state index contributed by atoms with van der Waals surface area (Å²) in [5.41, 5.74) is 2.16. The van der Waals surface area contributed by atoms with Crippen molar-refractivity contribution >= 4 is 34.2 Å². The number of nitrogens with zero attached hydrogens (tertiary/aromatic N) is 2. The molecule has 0 radical (unpaired) electrons. The van der Waals surface area contributed by atoms with Crippen molar-refractivity contribution in [2.24, 2.45) is 5.41 Å². The van der Waals surface area contributed by atoms with Crippen molar-refractivity contribution in [1.29, 1.82) is 0 Å². The molecule has 1 heterocycles. The smallest absolute Gasteiger partial charge is 0.111 e. The highest BCUT2D eigenvalue weighted by molar-refractivity contribution is 6.31. The molecule has 0 aliphatic heterocycles. The number of aryl methyl sites for hydroxylation is 1. The van der Waals surface area contributed by atoms with E-state index in [0.29, 0.717) is 16.9 Å². The van der Waals surface area contributed by atoms with E-state index in [1.54, 1.807) is 7.11 Å². The van der Waals surface area contributed by atoms with Crippen LogP contribution in [-0.2, 0) is 11.2 Å². The Morgan fingerprint density at radius 1 is 1.43 bits per heavy atom.